The number of benzene rings is 2. The fourth-order valence-electron chi connectivity index (χ4n) is 5.40. The SMILES string of the molecule is O=C(NCC(=O)N1CC2COCCC2(C(=O)O)C1)OCC1c2ccccc2-c2ccccc21. The van der Waals surface area contributed by atoms with Gasteiger partial charge < -0.3 is 24.8 Å². The Hall–Kier alpha value is -3.39. The third-order valence-corrected chi connectivity index (χ3v) is 7.21. The van der Waals surface area contributed by atoms with Crippen molar-refractivity contribution in [3.63, 3.8) is 0 Å². The van der Waals surface area contributed by atoms with Crippen molar-refractivity contribution in [3.05, 3.63) is 59.7 Å². The maximum Gasteiger partial charge on any atom is 0.407 e. The Morgan fingerprint density at radius 1 is 1.09 bits per heavy atom. The van der Waals surface area contributed by atoms with Gasteiger partial charge in [-0.15, -0.1) is 0 Å². The second kappa shape index (κ2) is 8.51. The van der Waals surface area contributed by atoms with Gasteiger partial charge in [-0.3, -0.25) is 9.59 Å². The predicted octanol–water partition coefficient (Wildman–Crippen LogP) is 2.47. The topological polar surface area (TPSA) is 105 Å². The minimum absolute atomic E-state index is 0.0593. The summed E-state index contributed by atoms with van der Waals surface area (Å²) < 4.78 is 10.9. The zero-order chi connectivity index (χ0) is 23.0. The van der Waals surface area contributed by atoms with Gasteiger partial charge in [0, 0.05) is 31.5 Å². The van der Waals surface area contributed by atoms with Crippen LogP contribution in [0.4, 0.5) is 4.79 Å². The number of nitrogens with zero attached hydrogens (tertiary/aromatic N) is 1. The van der Waals surface area contributed by atoms with Gasteiger partial charge in [-0.1, -0.05) is 48.5 Å². The van der Waals surface area contributed by atoms with Crippen LogP contribution in [0.5, 0.6) is 0 Å². The van der Waals surface area contributed by atoms with E-state index in [2.05, 4.69) is 17.4 Å². The number of alkyl carbamates (subject to hydrolysis) is 1. The van der Waals surface area contributed by atoms with Gasteiger partial charge in [0.05, 0.1) is 12.0 Å². The minimum Gasteiger partial charge on any atom is -0.481 e. The monoisotopic (exact) mass is 450 g/mol. The van der Waals surface area contributed by atoms with Crippen molar-refractivity contribution in [2.75, 3.05) is 39.5 Å². The van der Waals surface area contributed by atoms with Crippen LogP contribution in [0.3, 0.4) is 0 Å². The van der Waals surface area contributed by atoms with Gasteiger partial charge in [0.1, 0.15) is 13.2 Å². The number of ether oxygens (including phenoxy) is 2. The van der Waals surface area contributed by atoms with E-state index in [9.17, 15) is 19.5 Å². The average molecular weight is 450 g/mol. The third kappa shape index (κ3) is 3.74. The van der Waals surface area contributed by atoms with Gasteiger partial charge in [-0.25, -0.2) is 4.79 Å². The van der Waals surface area contributed by atoms with Gasteiger partial charge in [-0.05, 0) is 28.7 Å². The van der Waals surface area contributed by atoms with Crippen LogP contribution in [0, 0.1) is 11.3 Å². The van der Waals surface area contributed by atoms with Gasteiger partial charge in [0.25, 0.3) is 0 Å². The molecule has 2 fully saturated rings. The van der Waals surface area contributed by atoms with Crippen LogP contribution in [0.25, 0.3) is 11.1 Å². The maximum atomic E-state index is 12.7. The number of hydrogen-bond acceptors (Lipinski definition) is 5. The summed E-state index contributed by atoms with van der Waals surface area (Å²) in [6.07, 6.45) is -0.283. The van der Waals surface area contributed by atoms with E-state index in [1.54, 1.807) is 0 Å². The summed E-state index contributed by atoms with van der Waals surface area (Å²) in [5, 5.41) is 12.3. The first-order chi connectivity index (χ1) is 16.0. The van der Waals surface area contributed by atoms with E-state index in [1.165, 1.54) is 4.90 Å². The number of amides is 2. The summed E-state index contributed by atoms with van der Waals surface area (Å²) in [6, 6.07) is 16.1. The molecule has 2 aromatic rings. The molecule has 8 nitrogen and oxygen atoms in total. The van der Waals surface area contributed by atoms with Crippen molar-refractivity contribution in [1.29, 1.82) is 0 Å². The standard InChI is InChI=1S/C25H26N2O6/c28-22(27-12-16-13-32-10-9-25(16,15-27)23(29)30)11-26-24(31)33-14-21-19-7-3-1-5-17(19)18-6-2-4-8-20(18)21/h1-8,16,21H,9-15H2,(H,26,31)(H,29,30). The summed E-state index contributed by atoms with van der Waals surface area (Å²) in [7, 11) is 0. The maximum absolute atomic E-state index is 12.7. The molecule has 2 aliphatic heterocycles. The molecule has 3 aliphatic rings. The van der Waals surface area contributed by atoms with E-state index in [4.69, 9.17) is 9.47 Å². The third-order valence-electron chi connectivity index (χ3n) is 7.21. The zero-order valence-corrected chi connectivity index (χ0v) is 18.2. The number of aliphatic carboxylic acids is 1. The lowest BCUT2D eigenvalue weighted by Crippen LogP contribution is -2.45. The highest BCUT2D eigenvalue weighted by molar-refractivity contribution is 5.85. The lowest BCUT2D eigenvalue weighted by atomic mass is 9.74. The molecule has 2 saturated heterocycles. The lowest BCUT2D eigenvalue weighted by Gasteiger charge is -2.33. The molecular weight excluding hydrogens is 424 g/mol. The molecule has 2 heterocycles. The Bertz CT molecular complexity index is 1060. The smallest absolute Gasteiger partial charge is 0.407 e. The van der Waals surface area contributed by atoms with Crippen LogP contribution in [0.2, 0.25) is 0 Å². The Labute approximate surface area is 191 Å². The van der Waals surface area contributed by atoms with Gasteiger partial charge in [-0.2, -0.15) is 0 Å². The molecule has 1 aliphatic carbocycles. The van der Waals surface area contributed by atoms with Crippen LogP contribution < -0.4 is 5.32 Å². The second-order valence-electron chi connectivity index (χ2n) is 8.94. The summed E-state index contributed by atoms with van der Waals surface area (Å²) in [6.45, 7) is 1.09. The number of nitrogens with one attached hydrogen (secondary N) is 1. The molecule has 5 rings (SSSR count). The average Bonchev–Trinajstić information content (AvgIpc) is 3.39. The highest BCUT2D eigenvalue weighted by Crippen LogP contribution is 2.44. The molecule has 0 radical (unpaired) electrons. The van der Waals surface area contributed by atoms with Crippen molar-refractivity contribution in [1.82, 2.24) is 10.2 Å². The van der Waals surface area contributed by atoms with Crippen molar-refractivity contribution < 1.29 is 29.0 Å². The molecule has 0 spiro atoms. The summed E-state index contributed by atoms with van der Waals surface area (Å²) in [4.78, 5) is 38.4. The first-order valence-corrected chi connectivity index (χ1v) is 11.2. The second-order valence-corrected chi connectivity index (χ2v) is 8.94. The number of carbonyl (C=O) groups excluding carboxylic acids is 2. The van der Waals surface area contributed by atoms with Crippen molar-refractivity contribution >= 4 is 18.0 Å². The molecule has 2 aromatic carbocycles. The van der Waals surface area contributed by atoms with E-state index in [1.807, 2.05) is 36.4 Å². The van der Waals surface area contributed by atoms with Crippen molar-refractivity contribution in [3.8, 4) is 11.1 Å². The minimum atomic E-state index is -0.961. The molecule has 172 valence electrons. The Morgan fingerprint density at radius 2 is 1.76 bits per heavy atom. The highest BCUT2D eigenvalue weighted by Gasteiger charge is 2.54. The Kier molecular flexibility index (Phi) is 5.54. The van der Waals surface area contributed by atoms with Gasteiger partial charge >= 0.3 is 12.1 Å². The van der Waals surface area contributed by atoms with E-state index in [-0.39, 0.29) is 37.4 Å². The normalized spacial score (nSPS) is 23.4. The van der Waals surface area contributed by atoms with Crippen molar-refractivity contribution in [2.45, 2.75) is 12.3 Å². The van der Waals surface area contributed by atoms with Gasteiger partial charge in [0.15, 0.2) is 0 Å². The number of carboxylic acids is 1. The number of rotatable bonds is 5. The zero-order valence-electron chi connectivity index (χ0n) is 18.2. The van der Waals surface area contributed by atoms with Crippen LogP contribution >= 0.6 is 0 Å². The molecule has 8 heteroatoms. The molecule has 2 amide bonds. The fraction of sp³-hybridized carbons (Fsp3) is 0.400. The number of likely N-dealkylation sites (tertiary alicyclic amines) is 1. The number of carbonyl (C=O) groups is 3. The number of hydrogen-bond donors (Lipinski definition) is 2. The Balaban J connectivity index is 1.17. The quantitative estimate of drug-likeness (QED) is 0.725. The van der Waals surface area contributed by atoms with Crippen molar-refractivity contribution in [2.24, 2.45) is 11.3 Å². The fourth-order valence-corrected chi connectivity index (χ4v) is 5.40. The summed E-state index contributed by atoms with van der Waals surface area (Å²) in [5.41, 5.74) is 3.55. The molecule has 0 aromatic heterocycles. The van der Waals surface area contributed by atoms with E-state index >= 15 is 0 Å². The molecule has 0 saturated carbocycles. The van der Waals surface area contributed by atoms with Crippen LogP contribution in [0.1, 0.15) is 23.5 Å². The first-order valence-electron chi connectivity index (χ1n) is 11.2. The summed E-state index contributed by atoms with van der Waals surface area (Å²) in [5.74, 6) is -1.51. The van der Waals surface area contributed by atoms with E-state index in [0.717, 1.165) is 22.3 Å². The number of fused-ring (bicyclic) bond motifs is 4. The van der Waals surface area contributed by atoms with Crippen LogP contribution in [0.15, 0.2) is 48.5 Å². The molecule has 2 atom stereocenters. The number of carboxylic acid groups (broad SMARTS) is 1. The first kappa shape index (κ1) is 21.5. The molecule has 2 N–H and O–H groups in total. The highest BCUT2D eigenvalue weighted by atomic mass is 16.5. The van der Waals surface area contributed by atoms with Crippen LogP contribution in [-0.4, -0.2) is 67.4 Å². The molecular formula is C25H26N2O6. The van der Waals surface area contributed by atoms with Gasteiger partial charge in [0.2, 0.25) is 5.91 Å². The van der Waals surface area contributed by atoms with E-state index in [0.29, 0.717) is 26.2 Å². The summed E-state index contributed by atoms with van der Waals surface area (Å²) >= 11 is 0. The van der Waals surface area contributed by atoms with E-state index < -0.39 is 17.5 Å². The molecule has 33 heavy (non-hydrogen) atoms. The van der Waals surface area contributed by atoms with Crippen LogP contribution in [-0.2, 0) is 19.1 Å². The predicted molar refractivity (Wildman–Crippen MR) is 119 cm³/mol. The lowest BCUT2D eigenvalue weighted by molar-refractivity contribution is -0.157. The largest absolute Gasteiger partial charge is 0.481 e. The Morgan fingerprint density at radius 3 is 2.39 bits per heavy atom. The molecule has 0 bridgehead atoms. The molecule has 2 unspecified atom stereocenters.